The molecule has 2 aromatic carbocycles. The second-order valence-corrected chi connectivity index (χ2v) is 4.80. The summed E-state index contributed by atoms with van der Waals surface area (Å²) in [6.07, 6.45) is 0. The Bertz CT molecular complexity index is 588. The number of hydrogen-bond acceptors (Lipinski definition) is 3. The topological polar surface area (TPSA) is 41.5 Å². The molecule has 0 aliphatic rings. The number of rotatable bonds is 5. The summed E-state index contributed by atoms with van der Waals surface area (Å²) in [7, 11) is 1.57. The van der Waals surface area contributed by atoms with Crippen LogP contribution in [0, 0.1) is 5.82 Å². The normalized spacial score (nSPS) is 13.6. The number of benzene rings is 2. The van der Waals surface area contributed by atoms with Crippen molar-refractivity contribution in [2.75, 3.05) is 19.0 Å². The summed E-state index contributed by atoms with van der Waals surface area (Å²) < 4.78 is 19.1. The lowest BCUT2D eigenvalue weighted by Gasteiger charge is -2.31. The zero-order chi connectivity index (χ0) is 14.6. The lowest BCUT2D eigenvalue weighted by atomic mass is 9.91. The molecule has 2 N–H and O–H groups in total. The fourth-order valence-electron chi connectivity index (χ4n) is 2.15. The summed E-state index contributed by atoms with van der Waals surface area (Å²) in [6, 6.07) is 13.7. The Hall–Kier alpha value is -2.07. The highest BCUT2D eigenvalue weighted by atomic mass is 19.1. The summed E-state index contributed by atoms with van der Waals surface area (Å²) in [5, 5.41) is 12.8. The number of ether oxygens (including phenoxy) is 1. The summed E-state index contributed by atoms with van der Waals surface area (Å²) in [6.45, 7) is 1.61. The maximum atomic E-state index is 13.8. The van der Waals surface area contributed by atoms with E-state index in [0.717, 1.165) is 5.56 Å². The Kier molecular flexibility index (Phi) is 4.25. The second kappa shape index (κ2) is 5.92. The number of para-hydroxylation sites is 2. The van der Waals surface area contributed by atoms with Crippen molar-refractivity contribution in [2.45, 2.75) is 12.5 Å². The smallest absolute Gasteiger partial charge is 0.146 e. The number of anilines is 1. The van der Waals surface area contributed by atoms with Gasteiger partial charge in [0.25, 0.3) is 0 Å². The lowest BCUT2D eigenvalue weighted by molar-refractivity contribution is 0.220. The van der Waals surface area contributed by atoms with Crippen molar-refractivity contribution in [3.8, 4) is 5.75 Å². The largest absolute Gasteiger partial charge is 0.496 e. The van der Waals surface area contributed by atoms with Crippen molar-refractivity contribution >= 4 is 5.69 Å². The molecule has 2 aromatic rings. The molecule has 0 amide bonds. The molecule has 0 saturated heterocycles. The number of methoxy groups -OCH3 is 1. The zero-order valence-corrected chi connectivity index (χ0v) is 11.6. The van der Waals surface area contributed by atoms with Gasteiger partial charge in [-0.05, 0) is 25.1 Å². The number of halogens is 1. The first-order chi connectivity index (χ1) is 9.60. The number of aliphatic hydroxyl groups excluding tert-OH is 1. The third kappa shape index (κ3) is 2.75. The van der Waals surface area contributed by atoms with Crippen LogP contribution in [0.3, 0.4) is 0 Å². The zero-order valence-electron chi connectivity index (χ0n) is 11.6. The number of aliphatic hydroxyl groups is 1. The van der Waals surface area contributed by atoms with Crippen LogP contribution in [0.25, 0.3) is 0 Å². The molecule has 0 aliphatic carbocycles. The van der Waals surface area contributed by atoms with Gasteiger partial charge < -0.3 is 15.2 Å². The minimum atomic E-state index is -0.838. The Morgan fingerprint density at radius 2 is 1.80 bits per heavy atom. The molecule has 0 aromatic heterocycles. The SMILES string of the molecule is COc1ccccc1C(C)(CO)Nc1ccccc1F. The molecule has 0 saturated carbocycles. The van der Waals surface area contributed by atoms with Crippen molar-refractivity contribution < 1.29 is 14.2 Å². The van der Waals surface area contributed by atoms with Crippen molar-refractivity contribution in [3.05, 3.63) is 59.9 Å². The highest BCUT2D eigenvalue weighted by molar-refractivity contribution is 5.51. The molecule has 0 aliphatic heterocycles. The average molecular weight is 275 g/mol. The standard InChI is InChI=1S/C16H18FNO2/c1-16(11-19,12-7-3-6-10-15(12)20-2)18-14-9-5-4-8-13(14)17/h3-10,18-19H,11H2,1-2H3. The molecule has 1 atom stereocenters. The molecule has 0 bridgehead atoms. The van der Waals surface area contributed by atoms with Gasteiger partial charge in [0, 0.05) is 5.56 Å². The van der Waals surface area contributed by atoms with Crippen molar-refractivity contribution in [1.82, 2.24) is 0 Å². The van der Waals surface area contributed by atoms with Crippen LogP contribution in [0.15, 0.2) is 48.5 Å². The monoisotopic (exact) mass is 275 g/mol. The number of hydrogen-bond donors (Lipinski definition) is 2. The third-order valence-corrected chi connectivity index (χ3v) is 3.30. The fourth-order valence-corrected chi connectivity index (χ4v) is 2.15. The molecular weight excluding hydrogens is 257 g/mol. The predicted octanol–water partition coefficient (Wildman–Crippen LogP) is 3.15. The van der Waals surface area contributed by atoms with Crippen LogP contribution in [-0.4, -0.2) is 18.8 Å². The Labute approximate surface area is 118 Å². The van der Waals surface area contributed by atoms with Gasteiger partial charge in [0.1, 0.15) is 11.6 Å². The number of nitrogens with one attached hydrogen (secondary N) is 1. The van der Waals surface area contributed by atoms with Crippen LogP contribution in [0.1, 0.15) is 12.5 Å². The van der Waals surface area contributed by atoms with Gasteiger partial charge in [-0.3, -0.25) is 0 Å². The van der Waals surface area contributed by atoms with Gasteiger partial charge in [-0.1, -0.05) is 30.3 Å². The van der Waals surface area contributed by atoms with Crippen LogP contribution in [0.5, 0.6) is 5.75 Å². The first-order valence-corrected chi connectivity index (χ1v) is 6.38. The van der Waals surface area contributed by atoms with Gasteiger partial charge in [-0.15, -0.1) is 0 Å². The molecule has 0 spiro atoms. The van der Waals surface area contributed by atoms with E-state index in [2.05, 4.69) is 5.32 Å². The van der Waals surface area contributed by atoms with E-state index in [4.69, 9.17) is 4.74 Å². The highest BCUT2D eigenvalue weighted by Crippen LogP contribution is 2.33. The Balaban J connectivity index is 2.41. The summed E-state index contributed by atoms with van der Waals surface area (Å²) in [5.41, 5.74) is 0.276. The van der Waals surface area contributed by atoms with E-state index < -0.39 is 5.54 Å². The van der Waals surface area contributed by atoms with Gasteiger partial charge in [0.15, 0.2) is 0 Å². The van der Waals surface area contributed by atoms with E-state index in [1.165, 1.54) is 6.07 Å². The summed E-state index contributed by atoms with van der Waals surface area (Å²) in [4.78, 5) is 0. The van der Waals surface area contributed by atoms with Crippen LogP contribution in [0.2, 0.25) is 0 Å². The van der Waals surface area contributed by atoms with E-state index >= 15 is 0 Å². The van der Waals surface area contributed by atoms with Crippen LogP contribution in [-0.2, 0) is 5.54 Å². The quantitative estimate of drug-likeness (QED) is 0.880. The predicted molar refractivity (Wildman–Crippen MR) is 77.5 cm³/mol. The first kappa shape index (κ1) is 14.3. The maximum Gasteiger partial charge on any atom is 0.146 e. The minimum Gasteiger partial charge on any atom is -0.496 e. The molecule has 4 heteroatoms. The average Bonchev–Trinajstić information content (AvgIpc) is 2.49. The van der Waals surface area contributed by atoms with E-state index in [1.54, 1.807) is 32.2 Å². The van der Waals surface area contributed by atoms with Crippen LogP contribution in [0.4, 0.5) is 10.1 Å². The van der Waals surface area contributed by atoms with Crippen LogP contribution >= 0.6 is 0 Å². The summed E-state index contributed by atoms with van der Waals surface area (Å²) >= 11 is 0. The van der Waals surface area contributed by atoms with E-state index in [9.17, 15) is 9.50 Å². The van der Waals surface area contributed by atoms with Crippen LogP contribution < -0.4 is 10.1 Å². The molecular formula is C16H18FNO2. The molecule has 0 heterocycles. The van der Waals surface area contributed by atoms with Crippen molar-refractivity contribution in [3.63, 3.8) is 0 Å². The van der Waals surface area contributed by atoms with E-state index in [1.807, 2.05) is 24.3 Å². The summed E-state index contributed by atoms with van der Waals surface area (Å²) in [5.74, 6) is 0.287. The molecule has 20 heavy (non-hydrogen) atoms. The molecule has 106 valence electrons. The fraction of sp³-hybridized carbons (Fsp3) is 0.250. The van der Waals surface area contributed by atoms with Gasteiger partial charge in [0.05, 0.1) is 24.9 Å². The van der Waals surface area contributed by atoms with Crippen molar-refractivity contribution in [2.24, 2.45) is 0 Å². The third-order valence-electron chi connectivity index (χ3n) is 3.30. The lowest BCUT2D eigenvalue weighted by Crippen LogP contribution is -2.36. The van der Waals surface area contributed by atoms with Gasteiger partial charge >= 0.3 is 0 Å². The molecule has 3 nitrogen and oxygen atoms in total. The molecule has 0 fully saturated rings. The Morgan fingerprint density at radius 3 is 2.45 bits per heavy atom. The second-order valence-electron chi connectivity index (χ2n) is 4.80. The van der Waals surface area contributed by atoms with Gasteiger partial charge in [-0.25, -0.2) is 4.39 Å². The van der Waals surface area contributed by atoms with Crippen molar-refractivity contribution in [1.29, 1.82) is 0 Å². The highest BCUT2D eigenvalue weighted by Gasteiger charge is 2.29. The maximum absolute atomic E-state index is 13.8. The van der Waals surface area contributed by atoms with E-state index in [-0.39, 0.29) is 12.4 Å². The minimum absolute atomic E-state index is 0.193. The Morgan fingerprint density at radius 1 is 1.15 bits per heavy atom. The first-order valence-electron chi connectivity index (χ1n) is 6.38. The van der Waals surface area contributed by atoms with Gasteiger partial charge in [0.2, 0.25) is 0 Å². The molecule has 2 rings (SSSR count). The molecule has 1 unspecified atom stereocenters. The van der Waals surface area contributed by atoms with Gasteiger partial charge in [-0.2, -0.15) is 0 Å². The van der Waals surface area contributed by atoms with E-state index in [0.29, 0.717) is 11.4 Å². The molecule has 0 radical (unpaired) electrons.